The van der Waals surface area contributed by atoms with Crippen LogP contribution in [0.1, 0.15) is 11.7 Å². The average Bonchev–Trinajstić information content (AvgIpc) is 2.14. The Morgan fingerprint density at radius 1 is 1.33 bits per heavy atom. The largest absolute Gasteiger partial charge is 0.300 e. The molecule has 0 bridgehead atoms. The number of benzene rings is 1. The zero-order chi connectivity index (χ0) is 11.5. The number of hydrogen-bond acceptors (Lipinski definition) is 4. The molecule has 0 amide bonds. The van der Waals surface area contributed by atoms with E-state index in [9.17, 15) is 13.2 Å². The predicted octanol–water partition coefficient (Wildman–Crippen LogP) is 1.56. The van der Waals surface area contributed by atoms with Gasteiger partial charge in [0.05, 0.1) is 6.26 Å². The molecule has 0 spiro atoms. The Hall–Kier alpha value is -0.910. The average molecular weight is 249 g/mol. The molecule has 0 aliphatic heterocycles. The standard InChI is InChI=1S/C9H9ClO4S/c1-15(12,13)14-9(6-11)7-2-4-8(10)5-3-7/h2-6,9H,1H3. The maximum absolute atomic E-state index is 10.8. The van der Waals surface area contributed by atoms with Gasteiger partial charge >= 0.3 is 0 Å². The lowest BCUT2D eigenvalue weighted by atomic mass is 10.1. The van der Waals surface area contributed by atoms with E-state index in [4.69, 9.17) is 11.6 Å². The lowest BCUT2D eigenvalue weighted by Crippen LogP contribution is -2.11. The first kappa shape index (κ1) is 12.2. The zero-order valence-corrected chi connectivity index (χ0v) is 9.46. The summed E-state index contributed by atoms with van der Waals surface area (Å²) in [6, 6.07) is 6.18. The molecule has 0 saturated heterocycles. The third-order valence-electron chi connectivity index (χ3n) is 1.60. The monoisotopic (exact) mass is 248 g/mol. The highest BCUT2D eigenvalue weighted by atomic mass is 35.5. The molecule has 4 nitrogen and oxygen atoms in total. The van der Waals surface area contributed by atoms with E-state index >= 15 is 0 Å². The van der Waals surface area contributed by atoms with E-state index in [0.717, 1.165) is 6.26 Å². The van der Waals surface area contributed by atoms with Crippen LogP contribution in [0.2, 0.25) is 5.02 Å². The lowest BCUT2D eigenvalue weighted by molar-refractivity contribution is -0.113. The zero-order valence-electron chi connectivity index (χ0n) is 7.88. The molecular weight excluding hydrogens is 240 g/mol. The Balaban J connectivity index is 2.93. The van der Waals surface area contributed by atoms with Crippen LogP contribution in [-0.4, -0.2) is 21.0 Å². The summed E-state index contributed by atoms with van der Waals surface area (Å²) in [4.78, 5) is 10.6. The molecule has 6 heteroatoms. The number of aldehydes is 1. The fraction of sp³-hybridized carbons (Fsp3) is 0.222. The fourth-order valence-electron chi connectivity index (χ4n) is 0.998. The van der Waals surface area contributed by atoms with Crippen molar-refractivity contribution in [3.8, 4) is 0 Å². The van der Waals surface area contributed by atoms with E-state index < -0.39 is 16.2 Å². The second-order valence-electron chi connectivity index (χ2n) is 2.91. The summed E-state index contributed by atoms with van der Waals surface area (Å²) in [7, 11) is -3.66. The third-order valence-corrected chi connectivity index (χ3v) is 2.41. The Labute approximate surface area is 92.9 Å². The molecular formula is C9H9ClO4S. The van der Waals surface area contributed by atoms with Gasteiger partial charge < -0.3 is 4.79 Å². The molecule has 0 heterocycles. The minimum absolute atomic E-state index is 0.421. The van der Waals surface area contributed by atoms with Crippen molar-refractivity contribution in [1.82, 2.24) is 0 Å². The topological polar surface area (TPSA) is 60.4 Å². The second-order valence-corrected chi connectivity index (χ2v) is 4.95. The van der Waals surface area contributed by atoms with Gasteiger partial charge in [0.2, 0.25) is 0 Å². The number of carbonyl (C=O) groups is 1. The summed E-state index contributed by atoms with van der Waals surface area (Å²) in [5.74, 6) is 0. The van der Waals surface area contributed by atoms with Gasteiger partial charge in [-0.25, -0.2) is 0 Å². The molecule has 0 fully saturated rings. The molecule has 0 aliphatic rings. The Morgan fingerprint density at radius 2 is 1.87 bits per heavy atom. The molecule has 1 atom stereocenters. The summed E-state index contributed by atoms with van der Waals surface area (Å²) in [5, 5.41) is 0.503. The number of hydrogen-bond donors (Lipinski definition) is 0. The summed E-state index contributed by atoms with van der Waals surface area (Å²) < 4.78 is 26.2. The molecule has 0 aromatic heterocycles. The summed E-state index contributed by atoms with van der Waals surface area (Å²) in [5.41, 5.74) is 0.444. The van der Waals surface area contributed by atoms with E-state index in [1.807, 2.05) is 0 Å². The highest BCUT2D eigenvalue weighted by Gasteiger charge is 2.16. The van der Waals surface area contributed by atoms with Gasteiger partial charge in [-0.3, -0.25) is 4.18 Å². The van der Waals surface area contributed by atoms with Crippen LogP contribution in [0.3, 0.4) is 0 Å². The van der Waals surface area contributed by atoms with E-state index in [1.54, 1.807) is 12.1 Å². The van der Waals surface area contributed by atoms with E-state index in [2.05, 4.69) is 4.18 Å². The van der Waals surface area contributed by atoms with Gasteiger partial charge in [0.15, 0.2) is 12.4 Å². The van der Waals surface area contributed by atoms with Crippen molar-refractivity contribution in [2.45, 2.75) is 6.10 Å². The highest BCUT2D eigenvalue weighted by molar-refractivity contribution is 7.86. The third kappa shape index (κ3) is 3.99. The molecule has 1 rings (SSSR count). The van der Waals surface area contributed by atoms with Crippen LogP contribution >= 0.6 is 11.6 Å². The molecule has 0 saturated carbocycles. The van der Waals surface area contributed by atoms with Crippen molar-refractivity contribution in [2.24, 2.45) is 0 Å². The van der Waals surface area contributed by atoms with E-state index in [1.165, 1.54) is 12.1 Å². The highest BCUT2D eigenvalue weighted by Crippen LogP contribution is 2.19. The first-order valence-electron chi connectivity index (χ1n) is 4.01. The van der Waals surface area contributed by atoms with Gasteiger partial charge in [-0.1, -0.05) is 23.7 Å². The van der Waals surface area contributed by atoms with Gasteiger partial charge in [-0.15, -0.1) is 0 Å². The van der Waals surface area contributed by atoms with Crippen LogP contribution in [0.5, 0.6) is 0 Å². The van der Waals surface area contributed by atoms with Crippen molar-refractivity contribution < 1.29 is 17.4 Å². The van der Waals surface area contributed by atoms with Crippen LogP contribution in [0.4, 0.5) is 0 Å². The fourth-order valence-corrected chi connectivity index (χ4v) is 1.66. The smallest absolute Gasteiger partial charge is 0.265 e. The van der Waals surface area contributed by atoms with E-state index in [0.29, 0.717) is 16.9 Å². The van der Waals surface area contributed by atoms with E-state index in [-0.39, 0.29) is 0 Å². The van der Waals surface area contributed by atoms with Crippen LogP contribution in [0.25, 0.3) is 0 Å². The van der Waals surface area contributed by atoms with Gasteiger partial charge in [-0.2, -0.15) is 8.42 Å². The SMILES string of the molecule is CS(=O)(=O)OC(C=O)c1ccc(Cl)cc1. The maximum Gasteiger partial charge on any atom is 0.265 e. The van der Waals surface area contributed by atoms with Crippen molar-refractivity contribution in [3.63, 3.8) is 0 Å². The van der Waals surface area contributed by atoms with Gasteiger partial charge in [0.1, 0.15) is 0 Å². The molecule has 15 heavy (non-hydrogen) atoms. The predicted molar refractivity (Wildman–Crippen MR) is 56.2 cm³/mol. The summed E-state index contributed by atoms with van der Waals surface area (Å²) in [6.07, 6.45) is 0.196. The molecule has 82 valence electrons. The summed E-state index contributed by atoms with van der Waals surface area (Å²) >= 11 is 5.65. The van der Waals surface area contributed by atoms with Gasteiger partial charge in [0, 0.05) is 5.02 Å². The second kappa shape index (κ2) is 4.74. The number of halogens is 1. The molecule has 0 N–H and O–H groups in total. The van der Waals surface area contributed by atoms with Crippen molar-refractivity contribution >= 4 is 28.0 Å². The molecule has 0 radical (unpaired) electrons. The Morgan fingerprint density at radius 3 is 2.27 bits per heavy atom. The first-order valence-corrected chi connectivity index (χ1v) is 6.21. The maximum atomic E-state index is 10.8. The normalized spacial score (nSPS) is 13.5. The number of rotatable bonds is 4. The Kier molecular flexibility index (Phi) is 3.84. The van der Waals surface area contributed by atoms with Crippen LogP contribution in [0, 0.1) is 0 Å². The lowest BCUT2D eigenvalue weighted by Gasteiger charge is -2.09. The molecule has 1 unspecified atom stereocenters. The molecule has 1 aromatic rings. The van der Waals surface area contributed by atoms with Crippen LogP contribution in [-0.2, 0) is 19.1 Å². The molecule has 1 aromatic carbocycles. The van der Waals surface area contributed by atoms with Crippen LogP contribution in [0.15, 0.2) is 24.3 Å². The van der Waals surface area contributed by atoms with Crippen molar-refractivity contribution in [2.75, 3.05) is 6.26 Å². The Bertz CT molecular complexity index is 438. The van der Waals surface area contributed by atoms with Crippen molar-refractivity contribution in [1.29, 1.82) is 0 Å². The van der Waals surface area contributed by atoms with Gasteiger partial charge in [0.25, 0.3) is 10.1 Å². The molecule has 0 aliphatic carbocycles. The first-order chi connectivity index (χ1) is 6.92. The van der Waals surface area contributed by atoms with Gasteiger partial charge in [-0.05, 0) is 17.7 Å². The quantitative estimate of drug-likeness (QED) is 0.599. The van der Waals surface area contributed by atoms with Crippen LogP contribution < -0.4 is 0 Å². The van der Waals surface area contributed by atoms with Crippen molar-refractivity contribution in [3.05, 3.63) is 34.9 Å². The minimum Gasteiger partial charge on any atom is -0.300 e. The summed E-state index contributed by atoms with van der Waals surface area (Å²) in [6.45, 7) is 0. The number of carbonyl (C=O) groups excluding carboxylic acids is 1. The minimum atomic E-state index is -3.66.